The van der Waals surface area contributed by atoms with Gasteiger partial charge in [-0.1, -0.05) is 79.1 Å². The van der Waals surface area contributed by atoms with Crippen LogP contribution in [0.3, 0.4) is 0 Å². The smallest absolute Gasteiger partial charge is 0.00390 e. The van der Waals surface area contributed by atoms with Gasteiger partial charge in [-0.25, -0.2) is 0 Å². The predicted molar refractivity (Wildman–Crippen MR) is 93.1 cm³/mol. The van der Waals surface area contributed by atoms with Crippen molar-refractivity contribution in [1.29, 1.82) is 0 Å². The average Bonchev–Trinajstić information content (AvgIpc) is 2.47. The van der Waals surface area contributed by atoms with Crippen LogP contribution >= 0.6 is 0 Å². The minimum atomic E-state index is 0.446. The van der Waals surface area contributed by atoms with Gasteiger partial charge in [0.15, 0.2) is 0 Å². The lowest BCUT2D eigenvalue weighted by Gasteiger charge is -2.20. The van der Waals surface area contributed by atoms with Crippen LogP contribution in [0.1, 0.15) is 105 Å². The standard InChI is InChI=1S/C19H41N/c1-5-9-11-17(7-3)13-15-19(20)16-14-18(8-4)12-10-6-2/h17-19H,5-16,20H2,1-4H3. The van der Waals surface area contributed by atoms with E-state index in [0.717, 1.165) is 11.8 Å². The molecule has 0 spiro atoms. The highest BCUT2D eigenvalue weighted by Crippen LogP contribution is 2.23. The Morgan fingerprint density at radius 1 is 0.600 bits per heavy atom. The molecule has 0 aromatic rings. The van der Waals surface area contributed by atoms with Crippen LogP contribution in [0.15, 0.2) is 0 Å². The summed E-state index contributed by atoms with van der Waals surface area (Å²) in [7, 11) is 0. The molecule has 0 rings (SSSR count). The largest absolute Gasteiger partial charge is 0.328 e. The molecule has 2 unspecified atom stereocenters. The van der Waals surface area contributed by atoms with Crippen LogP contribution in [0, 0.1) is 11.8 Å². The molecule has 0 aliphatic carbocycles. The molecule has 0 heterocycles. The first-order valence-electron chi connectivity index (χ1n) is 9.43. The Balaban J connectivity index is 3.76. The molecule has 1 nitrogen and oxygen atoms in total. The zero-order valence-corrected chi connectivity index (χ0v) is 14.8. The van der Waals surface area contributed by atoms with E-state index < -0.39 is 0 Å². The Hall–Kier alpha value is -0.0400. The van der Waals surface area contributed by atoms with Gasteiger partial charge in [-0.15, -0.1) is 0 Å². The van der Waals surface area contributed by atoms with Crippen molar-refractivity contribution in [2.24, 2.45) is 17.6 Å². The molecule has 2 atom stereocenters. The summed E-state index contributed by atoms with van der Waals surface area (Å²) < 4.78 is 0. The minimum Gasteiger partial charge on any atom is -0.328 e. The molecule has 0 saturated carbocycles. The fourth-order valence-corrected chi connectivity index (χ4v) is 3.13. The summed E-state index contributed by atoms with van der Waals surface area (Å²) in [6, 6.07) is 0.446. The normalized spacial score (nSPS) is 16.1. The van der Waals surface area contributed by atoms with Gasteiger partial charge in [0.1, 0.15) is 0 Å². The lowest BCUT2D eigenvalue weighted by molar-refractivity contribution is 0.354. The molecule has 0 fully saturated rings. The van der Waals surface area contributed by atoms with Gasteiger partial charge in [-0.05, 0) is 37.5 Å². The SMILES string of the molecule is CCCCC(CC)CCC(N)CCC(CC)CCCC. The minimum absolute atomic E-state index is 0.446. The Bertz CT molecular complexity index is 170. The molecule has 0 aliphatic heterocycles. The van der Waals surface area contributed by atoms with Crippen LogP contribution < -0.4 is 5.73 Å². The Morgan fingerprint density at radius 2 is 1.00 bits per heavy atom. The van der Waals surface area contributed by atoms with Crippen LogP contribution in [0.5, 0.6) is 0 Å². The summed E-state index contributed by atoms with van der Waals surface area (Å²) in [6.07, 6.45) is 16.1. The first-order chi connectivity index (χ1) is 9.67. The van der Waals surface area contributed by atoms with E-state index in [9.17, 15) is 0 Å². The van der Waals surface area contributed by atoms with Gasteiger partial charge in [0.25, 0.3) is 0 Å². The van der Waals surface area contributed by atoms with Crippen LogP contribution in [0.25, 0.3) is 0 Å². The van der Waals surface area contributed by atoms with Crippen molar-refractivity contribution < 1.29 is 0 Å². The highest BCUT2D eigenvalue weighted by Gasteiger charge is 2.12. The average molecular weight is 284 g/mol. The highest BCUT2D eigenvalue weighted by atomic mass is 14.6. The number of unbranched alkanes of at least 4 members (excludes halogenated alkanes) is 2. The van der Waals surface area contributed by atoms with Gasteiger partial charge >= 0.3 is 0 Å². The lowest BCUT2D eigenvalue weighted by atomic mass is 9.89. The summed E-state index contributed by atoms with van der Waals surface area (Å²) in [5, 5.41) is 0. The third-order valence-electron chi connectivity index (χ3n) is 4.98. The molecule has 122 valence electrons. The molecule has 0 aliphatic rings. The van der Waals surface area contributed by atoms with E-state index in [2.05, 4.69) is 27.7 Å². The summed E-state index contributed by atoms with van der Waals surface area (Å²) >= 11 is 0. The fraction of sp³-hybridized carbons (Fsp3) is 1.00. The quantitative estimate of drug-likeness (QED) is 0.397. The van der Waals surface area contributed by atoms with E-state index in [1.165, 1.54) is 77.0 Å². The first kappa shape index (κ1) is 20.0. The van der Waals surface area contributed by atoms with Crippen LogP contribution in [-0.4, -0.2) is 6.04 Å². The predicted octanol–water partition coefficient (Wildman–Crippen LogP) is 6.31. The Kier molecular flexibility index (Phi) is 13.9. The van der Waals surface area contributed by atoms with E-state index in [4.69, 9.17) is 5.73 Å². The van der Waals surface area contributed by atoms with Gasteiger partial charge in [-0.2, -0.15) is 0 Å². The molecule has 0 amide bonds. The first-order valence-corrected chi connectivity index (χ1v) is 9.43. The molecule has 2 N–H and O–H groups in total. The van der Waals surface area contributed by atoms with Crippen molar-refractivity contribution in [2.45, 2.75) is 111 Å². The van der Waals surface area contributed by atoms with E-state index in [0.29, 0.717) is 6.04 Å². The molecule has 0 saturated heterocycles. The topological polar surface area (TPSA) is 26.0 Å². The summed E-state index contributed by atoms with van der Waals surface area (Å²) in [4.78, 5) is 0. The third-order valence-corrected chi connectivity index (χ3v) is 4.98. The van der Waals surface area contributed by atoms with Crippen LogP contribution in [-0.2, 0) is 0 Å². The Morgan fingerprint density at radius 3 is 1.30 bits per heavy atom. The van der Waals surface area contributed by atoms with Gasteiger partial charge < -0.3 is 5.73 Å². The van der Waals surface area contributed by atoms with E-state index in [1.807, 2.05) is 0 Å². The second kappa shape index (κ2) is 13.9. The molecule has 0 aromatic heterocycles. The van der Waals surface area contributed by atoms with E-state index in [1.54, 1.807) is 0 Å². The van der Waals surface area contributed by atoms with Crippen LogP contribution in [0.4, 0.5) is 0 Å². The maximum atomic E-state index is 6.34. The van der Waals surface area contributed by atoms with Gasteiger partial charge in [0.05, 0.1) is 0 Å². The second-order valence-corrected chi connectivity index (χ2v) is 6.75. The van der Waals surface area contributed by atoms with Gasteiger partial charge in [-0.3, -0.25) is 0 Å². The van der Waals surface area contributed by atoms with Gasteiger partial charge in [0.2, 0.25) is 0 Å². The molecular weight excluding hydrogens is 242 g/mol. The number of nitrogens with two attached hydrogens (primary N) is 1. The second-order valence-electron chi connectivity index (χ2n) is 6.75. The lowest BCUT2D eigenvalue weighted by Crippen LogP contribution is -2.22. The van der Waals surface area contributed by atoms with E-state index >= 15 is 0 Å². The monoisotopic (exact) mass is 283 g/mol. The zero-order valence-electron chi connectivity index (χ0n) is 14.8. The van der Waals surface area contributed by atoms with Crippen molar-refractivity contribution in [2.75, 3.05) is 0 Å². The summed E-state index contributed by atoms with van der Waals surface area (Å²) in [6.45, 7) is 9.26. The van der Waals surface area contributed by atoms with Crippen molar-refractivity contribution in [3.63, 3.8) is 0 Å². The number of hydrogen-bond donors (Lipinski definition) is 1. The molecule has 0 bridgehead atoms. The maximum absolute atomic E-state index is 6.34. The summed E-state index contributed by atoms with van der Waals surface area (Å²) in [5.74, 6) is 1.84. The van der Waals surface area contributed by atoms with E-state index in [-0.39, 0.29) is 0 Å². The van der Waals surface area contributed by atoms with Gasteiger partial charge in [0, 0.05) is 6.04 Å². The molecular formula is C19H41N. The molecule has 1 heteroatoms. The van der Waals surface area contributed by atoms with Crippen molar-refractivity contribution in [3.05, 3.63) is 0 Å². The highest BCUT2D eigenvalue weighted by molar-refractivity contribution is 4.68. The molecule has 20 heavy (non-hydrogen) atoms. The zero-order chi connectivity index (χ0) is 15.2. The third kappa shape index (κ3) is 10.7. The number of rotatable bonds is 14. The fourth-order valence-electron chi connectivity index (χ4n) is 3.13. The Labute approximate surface area is 129 Å². The van der Waals surface area contributed by atoms with Crippen molar-refractivity contribution in [3.8, 4) is 0 Å². The summed E-state index contributed by atoms with van der Waals surface area (Å²) in [5.41, 5.74) is 6.34. The molecule has 0 aromatic carbocycles. The maximum Gasteiger partial charge on any atom is 0.00390 e. The van der Waals surface area contributed by atoms with Crippen LogP contribution in [0.2, 0.25) is 0 Å². The molecule has 0 radical (unpaired) electrons. The van der Waals surface area contributed by atoms with Crippen molar-refractivity contribution in [1.82, 2.24) is 0 Å². The van der Waals surface area contributed by atoms with Crippen molar-refractivity contribution >= 4 is 0 Å². The number of hydrogen-bond acceptors (Lipinski definition) is 1.